The molecule has 1 aromatic heterocycles. The van der Waals surface area contributed by atoms with Crippen LogP contribution in [0, 0.1) is 25.7 Å². The molecule has 6 heteroatoms. The lowest BCUT2D eigenvalue weighted by atomic mass is 9.74. The zero-order valence-corrected chi connectivity index (χ0v) is 19.6. The van der Waals surface area contributed by atoms with Crippen molar-refractivity contribution >= 4 is 5.91 Å². The van der Waals surface area contributed by atoms with Crippen LogP contribution in [0.25, 0.3) is 0 Å². The molecule has 1 aromatic carbocycles. The second-order valence-electron chi connectivity index (χ2n) is 9.16. The molecule has 1 amide bonds. The number of nitrogens with one attached hydrogen (secondary N) is 1. The van der Waals surface area contributed by atoms with Gasteiger partial charge in [0.2, 0.25) is 5.91 Å². The number of aryl methyl sites for hydroxylation is 1. The molecule has 4 rings (SSSR count). The molecule has 1 N–H and O–H groups in total. The van der Waals surface area contributed by atoms with E-state index in [0.29, 0.717) is 19.1 Å². The van der Waals surface area contributed by atoms with Gasteiger partial charge >= 0.3 is 0 Å². The van der Waals surface area contributed by atoms with Crippen molar-refractivity contribution in [3.05, 3.63) is 52.5 Å². The van der Waals surface area contributed by atoms with Crippen LogP contribution in [0.2, 0.25) is 0 Å². The van der Waals surface area contributed by atoms with Crippen LogP contribution in [-0.2, 0) is 28.9 Å². The summed E-state index contributed by atoms with van der Waals surface area (Å²) in [5.41, 5.74) is 5.37. The van der Waals surface area contributed by atoms with Gasteiger partial charge in [0.15, 0.2) is 0 Å². The van der Waals surface area contributed by atoms with E-state index in [4.69, 9.17) is 13.9 Å². The Morgan fingerprint density at radius 2 is 2.09 bits per heavy atom. The van der Waals surface area contributed by atoms with Gasteiger partial charge in [-0.05, 0) is 79.5 Å². The average Bonchev–Trinajstić information content (AvgIpc) is 3.34. The van der Waals surface area contributed by atoms with E-state index >= 15 is 0 Å². The first kappa shape index (κ1) is 22.9. The second kappa shape index (κ2) is 10.5. The van der Waals surface area contributed by atoms with Crippen molar-refractivity contribution in [2.45, 2.75) is 46.6 Å². The van der Waals surface area contributed by atoms with Crippen LogP contribution in [0.5, 0.6) is 5.75 Å². The standard InChI is InChI=1S/C26H36N2O4/c1-18-15-25(32-14-10-28-8-12-30-13-9-28)20(3)24-16-21(6-7-23(18)24)19(2)26(29)27-17-22-5-4-11-31-22/h4-5,11,15,19,21H,6-10,12-14,16-17H2,1-3H3,(H,27,29). The van der Waals surface area contributed by atoms with Gasteiger partial charge in [-0.2, -0.15) is 0 Å². The van der Waals surface area contributed by atoms with Gasteiger partial charge in [-0.15, -0.1) is 0 Å². The first-order valence-electron chi connectivity index (χ1n) is 11.9. The van der Waals surface area contributed by atoms with E-state index in [0.717, 1.165) is 63.6 Å². The normalized spacial score (nSPS) is 19.9. The number of carbonyl (C=O) groups excluding carboxylic acids is 1. The van der Waals surface area contributed by atoms with E-state index in [1.54, 1.807) is 6.26 Å². The van der Waals surface area contributed by atoms with Crippen LogP contribution in [0.15, 0.2) is 28.9 Å². The second-order valence-corrected chi connectivity index (χ2v) is 9.16. The van der Waals surface area contributed by atoms with Crippen molar-refractivity contribution in [1.29, 1.82) is 0 Å². The largest absolute Gasteiger partial charge is 0.492 e. The quantitative estimate of drug-likeness (QED) is 0.679. The molecule has 0 saturated carbocycles. The molecular weight excluding hydrogens is 404 g/mol. The lowest BCUT2D eigenvalue weighted by molar-refractivity contribution is -0.126. The highest BCUT2D eigenvalue weighted by Crippen LogP contribution is 2.37. The molecule has 0 bridgehead atoms. The number of rotatable bonds is 8. The zero-order valence-electron chi connectivity index (χ0n) is 19.6. The average molecular weight is 441 g/mol. The van der Waals surface area contributed by atoms with Gasteiger partial charge in [-0.25, -0.2) is 0 Å². The van der Waals surface area contributed by atoms with E-state index in [-0.39, 0.29) is 11.8 Å². The maximum Gasteiger partial charge on any atom is 0.223 e. The number of fused-ring (bicyclic) bond motifs is 1. The minimum Gasteiger partial charge on any atom is -0.492 e. The van der Waals surface area contributed by atoms with Crippen LogP contribution in [-0.4, -0.2) is 50.3 Å². The Balaban J connectivity index is 1.38. The number of benzene rings is 1. The molecule has 2 aliphatic rings. The molecule has 1 aliphatic carbocycles. The summed E-state index contributed by atoms with van der Waals surface area (Å²) in [5, 5.41) is 3.03. The minimum atomic E-state index is -0.0382. The third kappa shape index (κ3) is 5.36. The van der Waals surface area contributed by atoms with Gasteiger partial charge in [0.05, 0.1) is 26.0 Å². The number of morpholine rings is 1. The third-order valence-electron chi connectivity index (χ3n) is 7.15. The monoisotopic (exact) mass is 440 g/mol. The fraction of sp³-hybridized carbons (Fsp3) is 0.577. The highest BCUT2D eigenvalue weighted by atomic mass is 16.5. The Labute approximate surface area is 191 Å². The predicted molar refractivity (Wildman–Crippen MR) is 124 cm³/mol. The molecule has 1 aliphatic heterocycles. The summed E-state index contributed by atoms with van der Waals surface area (Å²) in [6.07, 6.45) is 4.63. The van der Waals surface area contributed by atoms with Crippen LogP contribution in [0.1, 0.15) is 41.4 Å². The number of carbonyl (C=O) groups is 1. The van der Waals surface area contributed by atoms with E-state index in [9.17, 15) is 4.79 Å². The molecule has 0 spiro atoms. The Morgan fingerprint density at radius 3 is 2.84 bits per heavy atom. The molecule has 2 heterocycles. The van der Waals surface area contributed by atoms with Crippen molar-refractivity contribution in [1.82, 2.24) is 10.2 Å². The van der Waals surface area contributed by atoms with E-state index in [1.165, 1.54) is 22.3 Å². The Hall–Kier alpha value is -2.31. The van der Waals surface area contributed by atoms with E-state index < -0.39 is 0 Å². The molecule has 1 fully saturated rings. The Kier molecular flexibility index (Phi) is 7.53. The van der Waals surface area contributed by atoms with Gasteiger partial charge < -0.3 is 19.2 Å². The molecule has 0 radical (unpaired) electrons. The summed E-state index contributed by atoms with van der Waals surface area (Å²) in [6.45, 7) is 12.1. The summed E-state index contributed by atoms with van der Waals surface area (Å²) in [5.74, 6) is 2.17. The van der Waals surface area contributed by atoms with Crippen molar-refractivity contribution in [2.24, 2.45) is 11.8 Å². The van der Waals surface area contributed by atoms with Crippen molar-refractivity contribution in [3.63, 3.8) is 0 Å². The first-order valence-corrected chi connectivity index (χ1v) is 11.9. The summed E-state index contributed by atoms with van der Waals surface area (Å²) < 4.78 is 17.0. The molecule has 2 atom stereocenters. The molecule has 2 aromatic rings. The number of furan rings is 1. The van der Waals surface area contributed by atoms with Gasteiger partial charge in [-0.3, -0.25) is 9.69 Å². The van der Waals surface area contributed by atoms with Crippen LogP contribution >= 0.6 is 0 Å². The Morgan fingerprint density at radius 1 is 1.28 bits per heavy atom. The van der Waals surface area contributed by atoms with Crippen molar-refractivity contribution < 1.29 is 18.7 Å². The maximum absolute atomic E-state index is 12.8. The summed E-state index contributed by atoms with van der Waals surface area (Å²) in [7, 11) is 0. The molecular formula is C26H36N2O4. The molecule has 2 unspecified atom stereocenters. The van der Waals surface area contributed by atoms with Crippen molar-refractivity contribution in [3.8, 4) is 5.75 Å². The van der Waals surface area contributed by atoms with Gasteiger partial charge in [-0.1, -0.05) is 6.92 Å². The molecule has 1 saturated heterocycles. The number of amides is 1. The van der Waals surface area contributed by atoms with Gasteiger partial charge in [0.1, 0.15) is 18.1 Å². The van der Waals surface area contributed by atoms with Crippen LogP contribution in [0.3, 0.4) is 0 Å². The molecule has 32 heavy (non-hydrogen) atoms. The van der Waals surface area contributed by atoms with E-state index in [2.05, 4.69) is 37.1 Å². The molecule has 6 nitrogen and oxygen atoms in total. The third-order valence-corrected chi connectivity index (χ3v) is 7.15. The summed E-state index contributed by atoms with van der Waals surface area (Å²) >= 11 is 0. The minimum absolute atomic E-state index is 0.0382. The number of ether oxygens (including phenoxy) is 2. The highest BCUT2D eigenvalue weighted by molar-refractivity contribution is 5.78. The smallest absolute Gasteiger partial charge is 0.223 e. The number of hydrogen-bond acceptors (Lipinski definition) is 5. The summed E-state index contributed by atoms with van der Waals surface area (Å²) in [6, 6.07) is 5.93. The lowest BCUT2D eigenvalue weighted by Gasteiger charge is -2.32. The zero-order chi connectivity index (χ0) is 22.5. The highest BCUT2D eigenvalue weighted by Gasteiger charge is 2.30. The number of nitrogens with zero attached hydrogens (tertiary/aromatic N) is 1. The fourth-order valence-corrected chi connectivity index (χ4v) is 4.97. The van der Waals surface area contributed by atoms with Crippen molar-refractivity contribution in [2.75, 3.05) is 39.5 Å². The molecule has 174 valence electrons. The maximum atomic E-state index is 12.8. The topological polar surface area (TPSA) is 63.9 Å². The predicted octanol–water partition coefficient (Wildman–Crippen LogP) is 3.66. The van der Waals surface area contributed by atoms with Gasteiger partial charge in [0.25, 0.3) is 0 Å². The number of hydrogen-bond donors (Lipinski definition) is 1. The lowest BCUT2D eigenvalue weighted by Crippen LogP contribution is -2.38. The first-order chi connectivity index (χ1) is 15.5. The van der Waals surface area contributed by atoms with Crippen LogP contribution in [0.4, 0.5) is 0 Å². The SMILES string of the molecule is Cc1cc(OCCN2CCOCC2)c(C)c2c1CCC(C(C)C(=O)NCc1ccco1)C2. The summed E-state index contributed by atoms with van der Waals surface area (Å²) in [4.78, 5) is 15.2. The van der Waals surface area contributed by atoms with Crippen LogP contribution < -0.4 is 10.1 Å². The fourth-order valence-electron chi connectivity index (χ4n) is 4.97. The van der Waals surface area contributed by atoms with Gasteiger partial charge in [0, 0.05) is 25.6 Å². The van der Waals surface area contributed by atoms with E-state index in [1.807, 2.05) is 12.1 Å². The Bertz CT molecular complexity index is 903.